The van der Waals surface area contributed by atoms with E-state index in [-0.39, 0.29) is 35.4 Å². The fraction of sp³-hybridized carbons (Fsp3) is 0.190. The molecule has 2 aromatic carbocycles. The lowest BCUT2D eigenvalue weighted by Gasteiger charge is -2.23. The fourth-order valence-electron chi connectivity index (χ4n) is 2.86. The van der Waals surface area contributed by atoms with Crippen molar-refractivity contribution in [1.29, 1.82) is 0 Å². The molecule has 33 heavy (non-hydrogen) atoms. The minimum atomic E-state index is -4.57. The summed E-state index contributed by atoms with van der Waals surface area (Å²) in [4.78, 5) is 3.75. The Morgan fingerprint density at radius 3 is 2.06 bits per heavy atom. The number of nitrogens with zero attached hydrogens (tertiary/aromatic N) is 2. The van der Waals surface area contributed by atoms with Crippen LogP contribution in [0.5, 0.6) is 0 Å². The molecule has 1 heterocycles. The highest BCUT2D eigenvalue weighted by atomic mass is 35.5. The molecule has 1 N–H and O–H groups in total. The number of rotatable bonds is 8. The van der Waals surface area contributed by atoms with E-state index in [1.165, 1.54) is 28.6 Å². The summed E-state index contributed by atoms with van der Waals surface area (Å²) in [6.45, 7) is 0.0586. The number of anilines is 1. The van der Waals surface area contributed by atoms with Crippen molar-refractivity contribution in [3.63, 3.8) is 0 Å². The molecule has 0 saturated heterocycles. The maximum absolute atomic E-state index is 13.2. The van der Waals surface area contributed by atoms with Crippen molar-refractivity contribution in [3.05, 3.63) is 87.0 Å². The number of aromatic nitrogens is 1. The molecule has 3 aromatic rings. The first-order chi connectivity index (χ1) is 15.5. The number of hydrogen-bond donors (Lipinski definition) is 1. The zero-order chi connectivity index (χ0) is 24.2. The van der Waals surface area contributed by atoms with Crippen LogP contribution < -0.4 is 5.32 Å². The van der Waals surface area contributed by atoms with Gasteiger partial charge >= 0.3 is 6.18 Å². The van der Waals surface area contributed by atoms with Gasteiger partial charge in [-0.3, -0.25) is 0 Å². The lowest BCUT2D eigenvalue weighted by molar-refractivity contribution is -0.137. The smallest absolute Gasteiger partial charge is 0.368 e. The molecule has 176 valence electrons. The minimum absolute atomic E-state index is 0.0139. The Balaban J connectivity index is 1.79. The molecule has 0 aliphatic rings. The van der Waals surface area contributed by atoms with Crippen LogP contribution in [0.15, 0.2) is 65.7 Å². The van der Waals surface area contributed by atoms with Gasteiger partial charge in [-0.25, -0.2) is 13.4 Å². The maximum atomic E-state index is 13.2. The molecular weight excluding hydrogens is 522 g/mol. The van der Waals surface area contributed by atoms with Gasteiger partial charge in [0.25, 0.3) is 0 Å². The van der Waals surface area contributed by atoms with Crippen LogP contribution in [0.25, 0.3) is 0 Å². The minimum Gasteiger partial charge on any atom is -0.368 e. The second kappa shape index (κ2) is 10.5. The molecule has 0 aliphatic heterocycles. The highest BCUT2D eigenvalue weighted by molar-refractivity contribution is 7.89. The largest absolute Gasteiger partial charge is 0.417 e. The SMILES string of the molecule is O=S(=O)(c1ccc(Cl)cc1)N(CCNc1ncc(C(F)(F)F)cc1Cl)Cc1ccc(Cl)cc1. The maximum Gasteiger partial charge on any atom is 0.417 e. The normalized spacial score (nSPS) is 12.2. The van der Waals surface area contributed by atoms with Crippen LogP contribution in [-0.4, -0.2) is 30.8 Å². The van der Waals surface area contributed by atoms with Crippen molar-refractivity contribution in [2.75, 3.05) is 18.4 Å². The molecule has 0 amide bonds. The van der Waals surface area contributed by atoms with Crippen molar-refractivity contribution in [1.82, 2.24) is 9.29 Å². The average Bonchev–Trinajstić information content (AvgIpc) is 2.75. The summed E-state index contributed by atoms with van der Waals surface area (Å²) in [5.74, 6) is 0.0139. The summed E-state index contributed by atoms with van der Waals surface area (Å²) in [6.07, 6.45) is -3.92. The molecular formula is C21H17Cl3F3N3O2S. The predicted octanol–water partition coefficient (Wildman–Crippen LogP) is 6.36. The van der Waals surface area contributed by atoms with E-state index in [1.807, 2.05) is 0 Å². The summed E-state index contributed by atoms with van der Waals surface area (Å²) >= 11 is 17.7. The van der Waals surface area contributed by atoms with Crippen LogP contribution >= 0.6 is 34.8 Å². The van der Waals surface area contributed by atoms with E-state index in [1.54, 1.807) is 24.3 Å². The fourth-order valence-corrected chi connectivity index (χ4v) is 4.77. The van der Waals surface area contributed by atoms with Crippen LogP contribution in [0.3, 0.4) is 0 Å². The van der Waals surface area contributed by atoms with Gasteiger partial charge in [0, 0.05) is 35.9 Å². The van der Waals surface area contributed by atoms with Gasteiger partial charge in [-0.2, -0.15) is 17.5 Å². The van der Waals surface area contributed by atoms with Crippen molar-refractivity contribution in [2.24, 2.45) is 0 Å². The van der Waals surface area contributed by atoms with Crippen LogP contribution in [0.2, 0.25) is 15.1 Å². The highest BCUT2D eigenvalue weighted by Crippen LogP contribution is 2.32. The Morgan fingerprint density at radius 1 is 0.939 bits per heavy atom. The topological polar surface area (TPSA) is 62.3 Å². The van der Waals surface area contributed by atoms with Crippen LogP contribution in [-0.2, 0) is 22.7 Å². The summed E-state index contributed by atoms with van der Waals surface area (Å²) in [7, 11) is -3.92. The van der Waals surface area contributed by atoms with Gasteiger partial charge in [0.05, 0.1) is 15.5 Å². The molecule has 0 spiro atoms. The van der Waals surface area contributed by atoms with Crippen molar-refractivity contribution >= 4 is 50.6 Å². The Labute approximate surface area is 204 Å². The zero-order valence-electron chi connectivity index (χ0n) is 16.8. The van der Waals surface area contributed by atoms with E-state index in [9.17, 15) is 21.6 Å². The van der Waals surface area contributed by atoms with Crippen LogP contribution in [0.1, 0.15) is 11.1 Å². The Morgan fingerprint density at radius 2 is 1.52 bits per heavy atom. The van der Waals surface area contributed by atoms with Gasteiger partial charge in [0.1, 0.15) is 5.82 Å². The molecule has 5 nitrogen and oxygen atoms in total. The number of pyridine rings is 1. The molecule has 0 atom stereocenters. The van der Waals surface area contributed by atoms with E-state index in [0.29, 0.717) is 21.8 Å². The Bertz CT molecular complexity index is 1210. The van der Waals surface area contributed by atoms with Crippen LogP contribution in [0, 0.1) is 0 Å². The number of halogens is 6. The van der Waals surface area contributed by atoms with Crippen molar-refractivity contribution < 1.29 is 21.6 Å². The van der Waals surface area contributed by atoms with Gasteiger partial charge in [-0.1, -0.05) is 46.9 Å². The average molecular weight is 539 g/mol. The van der Waals surface area contributed by atoms with Gasteiger partial charge < -0.3 is 5.32 Å². The second-order valence-electron chi connectivity index (χ2n) is 6.90. The van der Waals surface area contributed by atoms with Gasteiger partial charge in [-0.05, 0) is 48.0 Å². The first-order valence-electron chi connectivity index (χ1n) is 9.43. The van der Waals surface area contributed by atoms with E-state index >= 15 is 0 Å². The van der Waals surface area contributed by atoms with E-state index in [0.717, 1.165) is 6.07 Å². The summed E-state index contributed by atoms with van der Waals surface area (Å²) in [5.41, 5.74) is -0.282. The monoisotopic (exact) mass is 537 g/mol. The number of hydrogen-bond acceptors (Lipinski definition) is 4. The lowest BCUT2D eigenvalue weighted by Crippen LogP contribution is -2.34. The molecule has 0 aliphatic carbocycles. The molecule has 3 rings (SSSR count). The first kappa shape index (κ1) is 25.6. The van der Waals surface area contributed by atoms with E-state index < -0.39 is 21.8 Å². The molecule has 0 bridgehead atoms. The number of nitrogens with one attached hydrogen (secondary N) is 1. The quantitative estimate of drug-likeness (QED) is 0.362. The third-order valence-corrected chi connectivity index (χ3v) is 7.20. The Kier molecular flexibility index (Phi) is 8.13. The third-order valence-electron chi connectivity index (χ3n) is 4.55. The van der Waals surface area contributed by atoms with Crippen molar-refractivity contribution in [2.45, 2.75) is 17.6 Å². The van der Waals surface area contributed by atoms with Crippen LogP contribution in [0.4, 0.5) is 19.0 Å². The molecule has 1 aromatic heterocycles. The van der Waals surface area contributed by atoms with Gasteiger partial charge in [0.15, 0.2) is 0 Å². The Hall–Kier alpha value is -2.04. The number of alkyl halides is 3. The predicted molar refractivity (Wildman–Crippen MR) is 123 cm³/mol. The second-order valence-corrected chi connectivity index (χ2v) is 10.1. The highest BCUT2D eigenvalue weighted by Gasteiger charge is 2.31. The van der Waals surface area contributed by atoms with Gasteiger partial charge in [0.2, 0.25) is 10.0 Å². The lowest BCUT2D eigenvalue weighted by atomic mass is 10.2. The molecule has 0 unspecified atom stereocenters. The molecule has 0 fully saturated rings. The molecule has 0 saturated carbocycles. The first-order valence-corrected chi connectivity index (χ1v) is 12.0. The zero-order valence-corrected chi connectivity index (χ0v) is 19.9. The van der Waals surface area contributed by atoms with E-state index in [2.05, 4.69) is 10.3 Å². The standard InChI is InChI=1S/C21H17Cl3F3N3O2S/c22-16-3-1-14(2-4-16)13-30(33(31,32)18-7-5-17(23)6-8-18)10-9-28-20-19(24)11-15(12-29-20)21(25,26)27/h1-8,11-12H,9-10,13H2,(H,28,29). The summed E-state index contributed by atoms with van der Waals surface area (Å²) in [5, 5.41) is 3.47. The van der Waals surface area contributed by atoms with Crippen molar-refractivity contribution in [3.8, 4) is 0 Å². The molecule has 12 heteroatoms. The third kappa shape index (κ3) is 6.74. The van der Waals surface area contributed by atoms with E-state index in [4.69, 9.17) is 34.8 Å². The van der Waals surface area contributed by atoms with Gasteiger partial charge in [-0.15, -0.1) is 0 Å². The molecule has 0 radical (unpaired) electrons. The number of sulfonamides is 1. The number of benzene rings is 2. The summed E-state index contributed by atoms with van der Waals surface area (Å²) in [6, 6.07) is 13.2. The summed E-state index contributed by atoms with van der Waals surface area (Å²) < 4.78 is 66.1.